The molecular formula is C24H21N5O4S. The van der Waals surface area contributed by atoms with Gasteiger partial charge < -0.3 is 9.40 Å². The highest BCUT2D eigenvalue weighted by Gasteiger charge is 2.14. The third kappa shape index (κ3) is 5.59. The number of rotatable bonds is 6. The third-order valence-electron chi connectivity index (χ3n) is 4.78. The molecule has 3 heterocycles. The van der Waals surface area contributed by atoms with Crippen LogP contribution in [0.5, 0.6) is 0 Å². The average molecular weight is 476 g/mol. The second-order valence-electron chi connectivity index (χ2n) is 7.42. The number of thioether (sulfide) groups is 1. The van der Waals surface area contributed by atoms with Crippen molar-refractivity contribution < 1.29 is 14.0 Å². The van der Waals surface area contributed by atoms with E-state index in [0.717, 1.165) is 17.0 Å². The van der Waals surface area contributed by atoms with Gasteiger partial charge in [-0.3, -0.25) is 25.2 Å². The predicted octanol–water partition coefficient (Wildman–Crippen LogP) is 3.41. The number of hydrogen-bond acceptors (Lipinski definition) is 7. The second kappa shape index (κ2) is 10.2. The first-order valence-corrected chi connectivity index (χ1v) is 11.3. The molecule has 0 aliphatic heterocycles. The number of aromatic amines is 1. The molecule has 3 N–H and O–H groups in total. The maximum absolute atomic E-state index is 12.4. The van der Waals surface area contributed by atoms with Crippen LogP contribution in [0.2, 0.25) is 0 Å². The normalized spacial score (nSPS) is 10.6. The number of nitrogens with one attached hydrogen (secondary N) is 3. The lowest BCUT2D eigenvalue weighted by Crippen LogP contribution is -2.43. The van der Waals surface area contributed by atoms with Gasteiger partial charge in [0.1, 0.15) is 11.3 Å². The molecule has 0 saturated carbocycles. The van der Waals surface area contributed by atoms with Crippen LogP contribution < -0.4 is 16.4 Å². The Balaban J connectivity index is 1.32. The van der Waals surface area contributed by atoms with Crippen molar-refractivity contribution in [1.82, 2.24) is 25.8 Å². The maximum Gasteiger partial charge on any atom is 0.275 e. The van der Waals surface area contributed by atoms with Crippen LogP contribution in [0, 0.1) is 13.8 Å². The number of furan rings is 1. The Morgan fingerprint density at radius 3 is 2.32 bits per heavy atom. The number of H-pyrrole nitrogens is 1. The number of carbonyl (C=O) groups is 2. The molecule has 3 aromatic heterocycles. The Morgan fingerprint density at radius 1 is 0.971 bits per heavy atom. The quantitative estimate of drug-likeness (QED) is 0.221. The fourth-order valence-electron chi connectivity index (χ4n) is 3.14. The summed E-state index contributed by atoms with van der Waals surface area (Å²) in [7, 11) is 0. The molecule has 0 aliphatic rings. The van der Waals surface area contributed by atoms with Gasteiger partial charge in [-0.15, -0.1) is 0 Å². The van der Waals surface area contributed by atoms with Crippen LogP contribution in [0.4, 0.5) is 0 Å². The number of pyridine rings is 1. The van der Waals surface area contributed by atoms with Gasteiger partial charge in [-0.1, -0.05) is 23.9 Å². The SMILES string of the molecule is Cc1cc(C)nc(SCc2ccc(C(=O)NNC(=O)c3ccc(-c4ccco4)[nH]c3=O)cc2)n1. The highest BCUT2D eigenvalue weighted by molar-refractivity contribution is 7.98. The van der Waals surface area contributed by atoms with E-state index in [0.29, 0.717) is 27.9 Å². The number of amides is 2. The summed E-state index contributed by atoms with van der Waals surface area (Å²) in [5.41, 5.74) is 7.47. The Kier molecular flexibility index (Phi) is 6.88. The lowest BCUT2D eigenvalue weighted by Gasteiger charge is -2.08. The minimum Gasteiger partial charge on any atom is -0.463 e. The van der Waals surface area contributed by atoms with Crippen molar-refractivity contribution in [3.05, 3.63) is 99.3 Å². The van der Waals surface area contributed by atoms with Gasteiger partial charge in [0.2, 0.25) is 0 Å². The molecule has 2 amide bonds. The van der Waals surface area contributed by atoms with Gasteiger partial charge in [0, 0.05) is 22.7 Å². The number of hydrogen-bond donors (Lipinski definition) is 3. The zero-order valence-electron chi connectivity index (χ0n) is 18.4. The summed E-state index contributed by atoms with van der Waals surface area (Å²) >= 11 is 1.51. The van der Waals surface area contributed by atoms with Crippen molar-refractivity contribution in [2.24, 2.45) is 0 Å². The van der Waals surface area contributed by atoms with E-state index in [1.165, 1.54) is 24.1 Å². The second-order valence-corrected chi connectivity index (χ2v) is 8.36. The van der Waals surface area contributed by atoms with E-state index < -0.39 is 17.4 Å². The van der Waals surface area contributed by atoms with E-state index in [4.69, 9.17) is 4.42 Å². The van der Waals surface area contributed by atoms with E-state index in [-0.39, 0.29) is 5.56 Å². The van der Waals surface area contributed by atoms with Gasteiger partial charge in [-0.05, 0) is 61.9 Å². The number of aromatic nitrogens is 3. The highest BCUT2D eigenvalue weighted by atomic mass is 32.2. The molecule has 0 spiro atoms. The van der Waals surface area contributed by atoms with Gasteiger partial charge in [-0.2, -0.15) is 0 Å². The van der Waals surface area contributed by atoms with E-state index in [9.17, 15) is 14.4 Å². The monoisotopic (exact) mass is 475 g/mol. The fourth-order valence-corrected chi connectivity index (χ4v) is 4.04. The van der Waals surface area contributed by atoms with Crippen molar-refractivity contribution in [3.63, 3.8) is 0 Å². The van der Waals surface area contributed by atoms with E-state index in [2.05, 4.69) is 25.8 Å². The topological polar surface area (TPSA) is 130 Å². The molecule has 0 fully saturated rings. The molecular weight excluding hydrogens is 454 g/mol. The fraction of sp³-hybridized carbons (Fsp3) is 0.125. The molecule has 0 saturated heterocycles. The molecule has 0 atom stereocenters. The van der Waals surface area contributed by atoms with Crippen molar-refractivity contribution in [2.45, 2.75) is 24.8 Å². The highest BCUT2D eigenvalue weighted by Crippen LogP contribution is 2.20. The lowest BCUT2D eigenvalue weighted by molar-refractivity contribution is 0.0846. The minimum atomic E-state index is -0.734. The van der Waals surface area contributed by atoms with Crippen LogP contribution in [-0.2, 0) is 5.75 Å². The molecule has 172 valence electrons. The lowest BCUT2D eigenvalue weighted by atomic mass is 10.1. The summed E-state index contributed by atoms with van der Waals surface area (Å²) < 4.78 is 5.22. The number of aryl methyl sites for hydroxylation is 2. The summed E-state index contributed by atoms with van der Waals surface area (Å²) in [5, 5.41) is 0.703. The van der Waals surface area contributed by atoms with Crippen molar-refractivity contribution in [1.29, 1.82) is 0 Å². The zero-order valence-corrected chi connectivity index (χ0v) is 19.2. The molecule has 1 aromatic carbocycles. The number of hydrazine groups is 1. The van der Waals surface area contributed by atoms with Gasteiger partial charge in [0.15, 0.2) is 5.16 Å². The van der Waals surface area contributed by atoms with Crippen LogP contribution in [0.25, 0.3) is 11.5 Å². The molecule has 0 bridgehead atoms. The molecule has 0 radical (unpaired) electrons. The van der Waals surface area contributed by atoms with Crippen LogP contribution in [0.3, 0.4) is 0 Å². The number of benzene rings is 1. The molecule has 4 aromatic rings. The minimum absolute atomic E-state index is 0.142. The van der Waals surface area contributed by atoms with Gasteiger partial charge in [0.05, 0.1) is 12.0 Å². The van der Waals surface area contributed by atoms with Gasteiger partial charge >= 0.3 is 0 Å². The Labute approximate surface area is 199 Å². The number of nitrogens with zero attached hydrogens (tertiary/aromatic N) is 2. The first kappa shape index (κ1) is 23.0. The number of carbonyl (C=O) groups excluding carboxylic acids is 2. The molecule has 4 rings (SSSR count). The zero-order chi connectivity index (χ0) is 24.1. The van der Waals surface area contributed by atoms with Crippen LogP contribution in [0.15, 0.2) is 75.2 Å². The molecule has 0 aliphatic carbocycles. The molecule has 10 heteroatoms. The van der Waals surface area contributed by atoms with Crippen molar-refractivity contribution in [3.8, 4) is 11.5 Å². The molecule has 0 unspecified atom stereocenters. The average Bonchev–Trinajstić information content (AvgIpc) is 3.36. The summed E-state index contributed by atoms with van der Waals surface area (Å²) in [6, 6.07) is 15.2. The summed E-state index contributed by atoms with van der Waals surface area (Å²) in [6.45, 7) is 3.86. The van der Waals surface area contributed by atoms with Gasteiger partial charge in [-0.25, -0.2) is 9.97 Å². The molecule has 34 heavy (non-hydrogen) atoms. The first-order chi connectivity index (χ1) is 16.4. The van der Waals surface area contributed by atoms with E-state index in [1.54, 1.807) is 30.3 Å². The maximum atomic E-state index is 12.4. The first-order valence-electron chi connectivity index (χ1n) is 10.3. The van der Waals surface area contributed by atoms with Crippen LogP contribution in [0.1, 0.15) is 37.7 Å². The Morgan fingerprint density at radius 2 is 1.68 bits per heavy atom. The third-order valence-corrected chi connectivity index (χ3v) is 5.69. The predicted molar refractivity (Wildman–Crippen MR) is 127 cm³/mol. The van der Waals surface area contributed by atoms with Crippen molar-refractivity contribution in [2.75, 3.05) is 0 Å². The standard InChI is InChI=1S/C24H21N5O4S/c1-14-12-15(2)26-24(25-14)34-13-16-5-7-17(8-6-16)21(30)28-29-23(32)18-9-10-19(27-22(18)31)20-4-3-11-33-20/h3-12H,13H2,1-2H3,(H,27,31)(H,28,30)(H,29,32). The van der Waals surface area contributed by atoms with Gasteiger partial charge in [0.25, 0.3) is 17.4 Å². The van der Waals surface area contributed by atoms with Crippen LogP contribution in [-0.4, -0.2) is 26.8 Å². The van der Waals surface area contributed by atoms with E-state index >= 15 is 0 Å². The Hall–Kier alpha value is -4.18. The van der Waals surface area contributed by atoms with Crippen LogP contribution >= 0.6 is 11.8 Å². The van der Waals surface area contributed by atoms with Crippen molar-refractivity contribution >= 4 is 23.6 Å². The summed E-state index contributed by atoms with van der Waals surface area (Å²) in [5.74, 6) is -0.116. The Bertz CT molecular complexity index is 1360. The molecule has 9 nitrogen and oxygen atoms in total. The largest absolute Gasteiger partial charge is 0.463 e. The summed E-state index contributed by atoms with van der Waals surface area (Å²) in [4.78, 5) is 48.4. The van der Waals surface area contributed by atoms with E-state index in [1.807, 2.05) is 32.0 Å². The smallest absolute Gasteiger partial charge is 0.275 e. The summed E-state index contributed by atoms with van der Waals surface area (Å²) in [6.07, 6.45) is 1.48.